The van der Waals surface area contributed by atoms with Crippen LogP contribution in [0.2, 0.25) is 0 Å². The van der Waals surface area contributed by atoms with Gasteiger partial charge in [0.2, 0.25) is 15.9 Å². The monoisotopic (exact) mass is 362 g/mol. The van der Waals surface area contributed by atoms with Gasteiger partial charge in [-0.1, -0.05) is 39.0 Å². The number of rotatable bonds is 7. The van der Waals surface area contributed by atoms with Crippen LogP contribution in [0, 0.1) is 11.8 Å². The third-order valence-electron chi connectivity index (χ3n) is 5.01. The van der Waals surface area contributed by atoms with E-state index in [2.05, 4.69) is 12.2 Å². The van der Waals surface area contributed by atoms with Crippen LogP contribution in [0.15, 0.2) is 0 Å². The topological polar surface area (TPSA) is 66.5 Å². The molecule has 1 heterocycles. The number of hydrogen-bond donors (Lipinski definition) is 1. The van der Waals surface area contributed by atoms with Crippen molar-refractivity contribution in [3.63, 3.8) is 0 Å². The number of carbonyl (C=O) groups excluding carboxylic acids is 1. The van der Waals surface area contributed by atoms with Crippen LogP contribution in [0.5, 0.6) is 0 Å². The molecule has 1 saturated heterocycles. The molecule has 1 saturated carbocycles. The zero-order valence-corrected chi connectivity index (χ0v) is 15.8. The number of nitrogens with one attached hydrogen (secondary N) is 1. The molecule has 23 heavy (non-hydrogen) atoms. The van der Waals surface area contributed by atoms with Crippen LogP contribution in [-0.4, -0.2) is 55.5 Å². The summed E-state index contributed by atoms with van der Waals surface area (Å²) in [7, 11) is -3.22. The average Bonchev–Trinajstić information content (AvgIpc) is 2.56. The maximum Gasteiger partial charge on any atom is 0.220 e. The Hall–Kier alpha value is -0.270. The number of hydrogen-bond acceptors (Lipinski definition) is 4. The fourth-order valence-corrected chi connectivity index (χ4v) is 6.00. The molecule has 0 aromatic carbocycles. The molecule has 2 fully saturated rings. The molecule has 1 amide bonds. The minimum Gasteiger partial charge on any atom is -0.355 e. The van der Waals surface area contributed by atoms with Gasteiger partial charge >= 0.3 is 0 Å². The molecule has 0 aromatic heterocycles. The lowest BCUT2D eigenvalue weighted by atomic mass is 9.79. The van der Waals surface area contributed by atoms with E-state index in [1.165, 1.54) is 32.1 Å². The van der Waals surface area contributed by atoms with Gasteiger partial charge in [-0.2, -0.15) is 11.8 Å². The van der Waals surface area contributed by atoms with Crippen molar-refractivity contribution in [1.82, 2.24) is 9.62 Å². The smallest absolute Gasteiger partial charge is 0.220 e. The number of thioether (sulfide) groups is 1. The van der Waals surface area contributed by atoms with Gasteiger partial charge in [0.25, 0.3) is 0 Å². The van der Waals surface area contributed by atoms with Crippen molar-refractivity contribution in [1.29, 1.82) is 0 Å². The summed E-state index contributed by atoms with van der Waals surface area (Å²) >= 11 is 1.79. The summed E-state index contributed by atoms with van der Waals surface area (Å²) in [6, 6.07) is 0. The summed E-state index contributed by atoms with van der Waals surface area (Å²) in [5.41, 5.74) is 0. The molecule has 2 rings (SSSR count). The van der Waals surface area contributed by atoms with Gasteiger partial charge in [0.05, 0.1) is 5.75 Å². The second kappa shape index (κ2) is 9.28. The van der Waals surface area contributed by atoms with Gasteiger partial charge in [-0.15, -0.1) is 0 Å². The molecule has 2 aliphatic rings. The van der Waals surface area contributed by atoms with E-state index < -0.39 is 10.0 Å². The highest BCUT2D eigenvalue weighted by Gasteiger charge is 2.25. The second-order valence-corrected chi connectivity index (χ2v) is 10.1. The van der Waals surface area contributed by atoms with Crippen molar-refractivity contribution < 1.29 is 13.2 Å². The number of sulfonamides is 1. The Kier molecular flexibility index (Phi) is 7.69. The minimum absolute atomic E-state index is 0.00697. The zero-order valence-electron chi connectivity index (χ0n) is 14.1. The minimum atomic E-state index is -3.22. The highest BCUT2D eigenvalue weighted by molar-refractivity contribution is 7.99. The van der Waals surface area contributed by atoms with Crippen LogP contribution >= 0.6 is 11.8 Å². The largest absolute Gasteiger partial charge is 0.355 e. The first-order valence-corrected chi connectivity index (χ1v) is 11.6. The third-order valence-corrected chi connectivity index (χ3v) is 7.82. The van der Waals surface area contributed by atoms with Crippen LogP contribution in [0.25, 0.3) is 0 Å². The molecule has 0 bridgehead atoms. The van der Waals surface area contributed by atoms with Crippen molar-refractivity contribution in [2.24, 2.45) is 11.8 Å². The van der Waals surface area contributed by atoms with Gasteiger partial charge < -0.3 is 5.32 Å². The molecular weight excluding hydrogens is 332 g/mol. The van der Waals surface area contributed by atoms with E-state index in [0.717, 1.165) is 11.5 Å². The Morgan fingerprint density at radius 3 is 2.52 bits per heavy atom. The van der Waals surface area contributed by atoms with Crippen LogP contribution in [0.4, 0.5) is 0 Å². The quantitative estimate of drug-likeness (QED) is 0.753. The first-order valence-electron chi connectivity index (χ1n) is 8.81. The summed E-state index contributed by atoms with van der Waals surface area (Å²) in [6.07, 6.45) is 6.87. The lowest BCUT2D eigenvalue weighted by molar-refractivity contribution is -0.122. The van der Waals surface area contributed by atoms with Crippen molar-refractivity contribution in [2.45, 2.75) is 45.4 Å². The van der Waals surface area contributed by atoms with Gasteiger partial charge in [-0.25, -0.2) is 12.7 Å². The molecular formula is C16H30N2O3S2. The van der Waals surface area contributed by atoms with Gasteiger partial charge in [-0.05, 0) is 11.8 Å². The number of nitrogens with zero attached hydrogens (tertiary/aromatic N) is 1. The summed E-state index contributed by atoms with van der Waals surface area (Å²) in [6.45, 7) is 3.57. The van der Waals surface area contributed by atoms with Crippen LogP contribution < -0.4 is 5.32 Å². The number of amides is 1. The Bertz CT molecular complexity index is 470. The van der Waals surface area contributed by atoms with E-state index in [1.54, 1.807) is 16.1 Å². The first kappa shape index (κ1) is 19.1. The molecule has 0 spiro atoms. The van der Waals surface area contributed by atoms with Crippen LogP contribution in [0.3, 0.4) is 0 Å². The second-order valence-electron chi connectivity index (χ2n) is 6.76. The fourth-order valence-electron chi connectivity index (χ4n) is 3.51. The van der Waals surface area contributed by atoms with Crippen LogP contribution in [-0.2, 0) is 14.8 Å². The molecule has 134 valence electrons. The molecule has 1 N–H and O–H groups in total. The first-order chi connectivity index (χ1) is 11.0. The van der Waals surface area contributed by atoms with Gasteiger partial charge in [-0.3, -0.25) is 4.79 Å². The van der Waals surface area contributed by atoms with E-state index in [1.807, 2.05) is 0 Å². The highest BCUT2D eigenvalue weighted by Crippen LogP contribution is 2.31. The fraction of sp³-hybridized carbons (Fsp3) is 0.938. The molecule has 1 aliphatic carbocycles. The summed E-state index contributed by atoms with van der Waals surface area (Å²) in [5.74, 6) is 2.79. The average molecular weight is 363 g/mol. The predicted octanol–water partition coefficient (Wildman–Crippen LogP) is 2.09. The summed E-state index contributed by atoms with van der Waals surface area (Å²) in [5, 5.41) is 2.80. The maximum atomic E-state index is 12.2. The van der Waals surface area contributed by atoms with E-state index in [-0.39, 0.29) is 18.2 Å². The van der Waals surface area contributed by atoms with Crippen molar-refractivity contribution in [3.05, 3.63) is 0 Å². The van der Waals surface area contributed by atoms with Crippen molar-refractivity contribution in [3.8, 4) is 0 Å². The van der Waals surface area contributed by atoms with Gasteiger partial charge in [0.15, 0.2) is 0 Å². The summed E-state index contributed by atoms with van der Waals surface area (Å²) < 4.78 is 26.0. The Balaban J connectivity index is 1.67. The third kappa shape index (κ3) is 6.27. The molecule has 1 unspecified atom stereocenters. The number of carbonyl (C=O) groups is 1. The Morgan fingerprint density at radius 1 is 1.22 bits per heavy atom. The maximum absolute atomic E-state index is 12.2. The SMILES string of the molecule is CC(CC(=O)NCCS(=O)(=O)N1CCSCC1)C1CCCCC1. The molecule has 1 atom stereocenters. The highest BCUT2D eigenvalue weighted by atomic mass is 32.2. The Morgan fingerprint density at radius 2 is 1.87 bits per heavy atom. The normalized spacial score (nSPS) is 22.7. The van der Waals surface area contributed by atoms with Gasteiger partial charge in [0.1, 0.15) is 0 Å². The molecule has 0 aromatic rings. The van der Waals surface area contributed by atoms with Crippen LogP contribution in [0.1, 0.15) is 45.4 Å². The van der Waals surface area contributed by atoms with Crippen molar-refractivity contribution in [2.75, 3.05) is 36.9 Å². The lowest BCUT2D eigenvalue weighted by Crippen LogP contribution is -2.42. The van der Waals surface area contributed by atoms with E-state index in [4.69, 9.17) is 0 Å². The Labute approximate surface area is 145 Å². The van der Waals surface area contributed by atoms with E-state index >= 15 is 0 Å². The zero-order chi connectivity index (χ0) is 16.7. The predicted molar refractivity (Wildman–Crippen MR) is 96.1 cm³/mol. The van der Waals surface area contributed by atoms with E-state index in [0.29, 0.717) is 31.3 Å². The van der Waals surface area contributed by atoms with Crippen molar-refractivity contribution >= 4 is 27.7 Å². The van der Waals surface area contributed by atoms with Gasteiger partial charge in [0, 0.05) is 37.6 Å². The molecule has 7 heteroatoms. The molecule has 0 radical (unpaired) electrons. The standard InChI is InChI=1S/C16H30N2O3S2/c1-14(15-5-3-2-4-6-15)13-16(19)17-7-12-23(20,21)18-8-10-22-11-9-18/h14-15H,2-13H2,1H3,(H,17,19). The lowest BCUT2D eigenvalue weighted by Gasteiger charge is -2.27. The molecule has 1 aliphatic heterocycles. The molecule has 5 nitrogen and oxygen atoms in total. The summed E-state index contributed by atoms with van der Waals surface area (Å²) in [4.78, 5) is 12.0. The van der Waals surface area contributed by atoms with E-state index in [9.17, 15) is 13.2 Å².